The van der Waals surface area contributed by atoms with Gasteiger partial charge in [-0.05, 0) is 25.3 Å². The van der Waals surface area contributed by atoms with Gasteiger partial charge in [0.2, 0.25) is 0 Å². The first kappa shape index (κ1) is 12.0. The van der Waals surface area contributed by atoms with Crippen LogP contribution in [0.3, 0.4) is 0 Å². The molecule has 2 aliphatic rings. The van der Waals surface area contributed by atoms with Crippen LogP contribution >= 0.6 is 0 Å². The van der Waals surface area contributed by atoms with Crippen molar-refractivity contribution < 1.29 is 5.11 Å². The van der Waals surface area contributed by atoms with Gasteiger partial charge in [-0.3, -0.25) is 4.90 Å². The minimum Gasteiger partial charge on any atom is -0.394 e. The third-order valence-electron chi connectivity index (χ3n) is 4.31. The third-order valence-corrected chi connectivity index (χ3v) is 4.31. The molecule has 3 N–H and O–H groups in total. The molecule has 3 rings (SSSR count). The van der Waals surface area contributed by atoms with E-state index >= 15 is 0 Å². The highest BCUT2D eigenvalue weighted by Gasteiger charge is 2.49. The largest absolute Gasteiger partial charge is 0.394 e. The number of aliphatic hydroxyl groups is 1. The molecule has 1 aliphatic carbocycles. The lowest BCUT2D eigenvalue weighted by atomic mass is 10.1. The number of nitrogens with two attached hydrogens (primary N) is 1. The van der Waals surface area contributed by atoms with Crippen molar-refractivity contribution in [1.29, 1.82) is 0 Å². The predicted octanol–water partition coefficient (Wildman–Crippen LogP) is -0.0655. The van der Waals surface area contributed by atoms with E-state index in [9.17, 15) is 0 Å². The first-order valence-corrected chi connectivity index (χ1v) is 6.61. The van der Waals surface area contributed by atoms with E-state index < -0.39 is 0 Å². The lowest BCUT2D eigenvalue weighted by Crippen LogP contribution is -2.34. The van der Waals surface area contributed by atoms with Crippen molar-refractivity contribution in [2.45, 2.75) is 31.3 Å². The van der Waals surface area contributed by atoms with Gasteiger partial charge < -0.3 is 10.8 Å². The van der Waals surface area contributed by atoms with Crippen LogP contribution in [-0.4, -0.2) is 45.2 Å². The monoisotopic (exact) mass is 248 g/mol. The molecule has 2 atom stereocenters. The summed E-state index contributed by atoms with van der Waals surface area (Å²) in [4.78, 5) is 10.8. The number of hydrogen-bond acceptors (Lipinski definition) is 5. The molecule has 1 fully saturated rings. The summed E-state index contributed by atoms with van der Waals surface area (Å²) in [6, 6.07) is 0. The van der Waals surface area contributed by atoms with Crippen molar-refractivity contribution >= 4 is 0 Å². The average Bonchev–Trinajstić information content (AvgIpc) is 3.08. The van der Waals surface area contributed by atoms with Gasteiger partial charge in [0.05, 0.1) is 6.61 Å². The van der Waals surface area contributed by atoms with E-state index in [0.29, 0.717) is 5.92 Å². The zero-order valence-electron chi connectivity index (χ0n) is 10.5. The molecule has 1 aromatic heterocycles. The predicted molar refractivity (Wildman–Crippen MR) is 67.7 cm³/mol. The summed E-state index contributed by atoms with van der Waals surface area (Å²) < 4.78 is 0. The van der Waals surface area contributed by atoms with Gasteiger partial charge in [0, 0.05) is 42.5 Å². The zero-order chi connectivity index (χ0) is 12.6. The van der Waals surface area contributed by atoms with Crippen LogP contribution in [0.1, 0.15) is 24.1 Å². The fraction of sp³-hybridized carbons (Fsp3) is 0.692. The van der Waals surface area contributed by atoms with Gasteiger partial charge in [-0.2, -0.15) is 0 Å². The Balaban J connectivity index is 1.52. The minimum atomic E-state index is -0.281. The summed E-state index contributed by atoms with van der Waals surface area (Å²) in [5.41, 5.74) is 8.15. The standard InChI is InChI=1S/C13H20N4O/c14-13(8-18)5-11(13)1-3-17-4-2-12-10(7-17)6-15-9-16-12/h6,9,11,18H,1-5,7-8,14H2. The Bertz CT molecular complexity index is 439. The van der Waals surface area contributed by atoms with Gasteiger partial charge in [0.15, 0.2) is 0 Å². The Morgan fingerprint density at radius 2 is 2.44 bits per heavy atom. The maximum Gasteiger partial charge on any atom is 0.115 e. The van der Waals surface area contributed by atoms with Crippen LogP contribution in [0.4, 0.5) is 0 Å². The van der Waals surface area contributed by atoms with Crippen LogP contribution in [0.25, 0.3) is 0 Å². The van der Waals surface area contributed by atoms with Crippen molar-refractivity contribution in [2.75, 3.05) is 19.7 Å². The Kier molecular flexibility index (Phi) is 3.05. The molecule has 0 saturated heterocycles. The molecule has 5 nitrogen and oxygen atoms in total. The summed E-state index contributed by atoms with van der Waals surface area (Å²) in [5, 5.41) is 9.15. The van der Waals surface area contributed by atoms with Gasteiger partial charge in [0.1, 0.15) is 6.33 Å². The summed E-state index contributed by atoms with van der Waals surface area (Å²) >= 11 is 0. The van der Waals surface area contributed by atoms with Crippen molar-refractivity contribution in [1.82, 2.24) is 14.9 Å². The average molecular weight is 248 g/mol. The van der Waals surface area contributed by atoms with E-state index in [1.54, 1.807) is 6.33 Å². The molecule has 0 aromatic carbocycles. The van der Waals surface area contributed by atoms with Crippen LogP contribution in [-0.2, 0) is 13.0 Å². The fourth-order valence-electron chi connectivity index (χ4n) is 2.84. The summed E-state index contributed by atoms with van der Waals surface area (Å²) in [6.45, 7) is 3.18. The maximum atomic E-state index is 9.15. The number of aliphatic hydroxyl groups excluding tert-OH is 1. The van der Waals surface area contributed by atoms with Gasteiger partial charge >= 0.3 is 0 Å². The molecule has 0 spiro atoms. The molecular weight excluding hydrogens is 228 g/mol. The van der Waals surface area contributed by atoms with E-state index in [0.717, 1.165) is 38.9 Å². The van der Waals surface area contributed by atoms with E-state index in [-0.39, 0.29) is 12.1 Å². The number of aromatic nitrogens is 2. The van der Waals surface area contributed by atoms with Crippen LogP contribution < -0.4 is 5.73 Å². The Hall–Kier alpha value is -1.04. The van der Waals surface area contributed by atoms with E-state index in [1.165, 1.54) is 11.3 Å². The van der Waals surface area contributed by atoms with Crippen LogP contribution in [0.2, 0.25) is 0 Å². The van der Waals surface area contributed by atoms with E-state index in [2.05, 4.69) is 14.9 Å². The first-order valence-electron chi connectivity index (χ1n) is 6.61. The minimum absolute atomic E-state index is 0.119. The molecule has 1 saturated carbocycles. The van der Waals surface area contributed by atoms with E-state index in [1.807, 2.05) is 6.20 Å². The van der Waals surface area contributed by atoms with E-state index in [4.69, 9.17) is 10.8 Å². The summed E-state index contributed by atoms with van der Waals surface area (Å²) in [7, 11) is 0. The van der Waals surface area contributed by atoms with Crippen LogP contribution in [0, 0.1) is 5.92 Å². The molecule has 2 unspecified atom stereocenters. The topological polar surface area (TPSA) is 75.3 Å². The van der Waals surface area contributed by atoms with Gasteiger partial charge in [0.25, 0.3) is 0 Å². The Morgan fingerprint density at radius 1 is 1.56 bits per heavy atom. The van der Waals surface area contributed by atoms with Crippen LogP contribution in [0.15, 0.2) is 12.5 Å². The van der Waals surface area contributed by atoms with Crippen molar-refractivity contribution in [3.8, 4) is 0 Å². The molecule has 1 aliphatic heterocycles. The lowest BCUT2D eigenvalue weighted by molar-refractivity contribution is 0.223. The van der Waals surface area contributed by atoms with Gasteiger partial charge in [-0.15, -0.1) is 0 Å². The second-order valence-corrected chi connectivity index (χ2v) is 5.60. The number of hydrogen-bond donors (Lipinski definition) is 2. The Morgan fingerprint density at radius 3 is 3.22 bits per heavy atom. The molecule has 0 radical (unpaired) electrons. The Labute approximate surface area is 107 Å². The lowest BCUT2D eigenvalue weighted by Gasteiger charge is -2.27. The zero-order valence-corrected chi connectivity index (χ0v) is 10.5. The van der Waals surface area contributed by atoms with Crippen molar-refractivity contribution in [3.05, 3.63) is 23.8 Å². The smallest absolute Gasteiger partial charge is 0.115 e. The highest BCUT2D eigenvalue weighted by atomic mass is 16.3. The molecule has 18 heavy (non-hydrogen) atoms. The first-order chi connectivity index (χ1) is 8.71. The molecule has 0 amide bonds. The highest BCUT2D eigenvalue weighted by Crippen LogP contribution is 2.43. The molecule has 1 aromatic rings. The number of fused-ring (bicyclic) bond motifs is 1. The second-order valence-electron chi connectivity index (χ2n) is 5.60. The molecule has 98 valence electrons. The van der Waals surface area contributed by atoms with Crippen molar-refractivity contribution in [2.24, 2.45) is 11.7 Å². The molecule has 5 heteroatoms. The van der Waals surface area contributed by atoms with Crippen LogP contribution in [0.5, 0.6) is 0 Å². The normalized spacial score (nSPS) is 31.1. The maximum absolute atomic E-state index is 9.15. The number of rotatable bonds is 4. The quantitative estimate of drug-likeness (QED) is 0.780. The number of nitrogens with zero attached hydrogens (tertiary/aromatic N) is 3. The fourth-order valence-corrected chi connectivity index (χ4v) is 2.84. The third kappa shape index (κ3) is 2.25. The van der Waals surface area contributed by atoms with Crippen molar-refractivity contribution in [3.63, 3.8) is 0 Å². The summed E-state index contributed by atoms with van der Waals surface area (Å²) in [5.74, 6) is 0.496. The second kappa shape index (κ2) is 4.57. The molecule has 2 heterocycles. The summed E-state index contributed by atoms with van der Waals surface area (Å²) in [6.07, 6.45) is 6.61. The van der Waals surface area contributed by atoms with Gasteiger partial charge in [-0.25, -0.2) is 9.97 Å². The SMILES string of the molecule is NC1(CO)CC1CCN1CCc2ncncc2C1. The molecule has 0 bridgehead atoms. The highest BCUT2D eigenvalue weighted by molar-refractivity contribution is 5.18. The van der Waals surface area contributed by atoms with Gasteiger partial charge in [-0.1, -0.05) is 0 Å². The molecular formula is C13H20N4O.